The lowest BCUT2D eigenvalue weighted by atomic mass is 10.1. The van der Waals surface area contributed by atoms with Crippen LogP contribution in [-0.4, -0.2) is 24.1 Å². The van der Waals surface area contributed by atoms with Gasteiger partial charge in [-0.25, -0.2) is 4.98 Å². The molecule has 5 nitrogen and oxygen atoms in total. The van der Waals surface area contributed by atoms with Gasteiger partial charge in [0.15, 0.2) is 10.6 Å². The predicted molar refractivity (Wildman–Crippen MR) is 100.0 cm³/mol. The number of rotatable bonds is 2. The largest absolute Gasteiger partial charge is 0.306 e. The molecule has 0 fully saturated rings. The minimum absolute atomic E-state index is 0.558. The number of hydrogen-bond acceptors (Lipinski definition) is 3. The van der Waals surface area contributed by atoms with Crippen LogP contribution in [0.2, 0.25) is 5.02 Å². The first-order valence-electron chi connectivity index (χ1n) is 8.13. The predicted octanol–water partition coefficient (Wildman–Crippen LogP) is 4.39. The molecular weight excluding hydrogens is 354 g/mol. The fourth-order valence-corrected chi connectivity index (χ4v) is 3.86. The highest BCUT2D eigenvalue weighted by Gasteiger charge is 2.17. The number of aromatic nitrogens is 5. The number of aromatic amines is 1. The van der Waals surface area contributed by atoms with Crippen LogP contribution in [-0.2, 0) is 12.8 Å². The summed E-state index contributed by atoms with van der Waals surface area (Å²) in [5, 5.41) is 7.96. The number of halogens is 1. The van der Waals surface area contributed by atoms with E-state index in [-0.39, 0.29) is 0 Å². The van der Waals surface area contributed by atoms with Gasteiger partial charge in [0, 0.05) is 23.5 Å². The molecular formula is C18H14ClN5S. The Hall–Kier alpha value is -2.44. The summed E-state index contributed by atoms with van der Waals surface area (Å²) in [5.41, 5.74) is 5.37. The van der Waals surface area contributed by atoms with Gasteiger partial charge < -0.3 is 4.40 Å². The zero-order valence-corrected chi connectivity index (χ0v) is 14.8. The fraction of sp³-hybridized carbons (Fsp3) is 0.167. The van der Waals surface area contributed by atoms with Crippen molar-refractivity contribution in [1.82, 2.24) is 24.1 Å². The summed E-state index contributed by atoms with van der Waals surface area (Å²) < 4.78 is 4.42. The molecule has 3 aromatic heterocycles. The fourth-order valence-electron chi connectivity index (χ4n) is 3.47. The van der Waals surface area contributed by atoms with Gasteiger partial charge in [-0.05, 0) is 60.8 Å². The first-order chi connectivity index (χ1) is 12.2. The van der Waals surface area contributed by atoms with Crippen LogP contribution < -0.4 is 0 Å². The van der Waals surface area contributed by atoms with Crippen LogP contribution >= 0.6 is 23.8 Å². The van der Waals surface area contributed by atoms with E-state index in [1.54, 1.807) is 0 Å². The lowest BCUT2D eigenvalue weighted by molar-refractivity contribution is 0.911. The number of pyridine rings is 1. The molecule has 0 atom stereocenters. The molecule has 7 heteroatoms. The van der Waals surface area contributed by atoms with Crippen LogP contribution in [0, 0.1) is 4.77 Å². The molecule has 0 aliphatic heterocycles. The van der Waals surface area contributed by atoms with Crippen molar-refractivity contribution in [2.24, 2.45) is 0 Å². The second kappa shape index (κ2) is 5.54. The zero-order chi connectivity index (χ0) is 17.0. The third-order valence-corrected chi connectivity index (χ3v) is 5.17. The zero-order valence-electron chi connectivity index (χ0n) is 13.2. The first-order valence-corrected chi connectivity index (χ1v) is 8.92. The van der Waals surface area contributed by atoms with E-state index in [1.165, 1.54) is 17.5 Å². The van der Waals surface area contributed by atoms with Gasteiger partial charge in [0.25, 0.3) is 0 Å². The molecule has 3 heterocycles. The lowest BCUT2D eigenvalue weighted by Crippen LogP contribution is -1.99. The normalized spacial score (nSPS) is 13.5. The summed E-state index contributed by atoms with van der Waals surface area (Å²) in [5.74, 6) is 0.697. The number of hydrogen-bond donors (Lipinski definition) is 1. The molecule has 1 aliphatic rings. The van der Waals surface area contributed by atoms with Crippen molar-refractivity contribution in [3.05, 3.63) is 63.6 Å². The van der Waals surface area contributed by atoms with Crippen molar-refractivity contribution in [2.75, 3.05) is 0 Å². The Morgan fingerprint density at radius 3 is 2.92 bits per heavy atom. The number of benzene rings is 1. The molecule has 1 aromatic carbocycles. The van der Waals surface area contributed by atoms with Gasteiger partial charge in [-0.1, -0.05) is 17.7 Å². The molecule has 0 saturated heterocycles. The van der Waals surface area contributed by atoms with E-state index < -0.39 is 0 Å². The summed E-state index contributed by atoms with van der Waals surface area (Å²) >= 11 is 11.5. The van der Waals surface area contributed by atoms with Crippen LogP contribution in [0.3, 0.4) is 0 Å². The Bertz CT molecular complexity index is 1170. The van der Waals surface area contributed by atoms with Crippen molar-refractivity contribution in [3.63, 3.8) is 0 Å². The Labute approximate surface area is 153 Å². The van der Waals surface area contributed by atoms with Gasteiger partial charge in [0.05, 0.1) is 5.69 Å². The molecule has 1 N–H and O–H groups in total. The van der Waals surface area contributed by atoms with Crippen molar-refractivity contribution in [1.29, 1.82) is 0 Å². The highest BCUT2D eigenvalue weighted by Crippen LogP contribution is 2.27. The third-order valence-electron chi connectivity index (χ3n) is 4.66. The van der Waals surface area contributed by atoms with Crippen LogP contribution in [0.15, 0.2) is 42.7 Å². The summed E-state index contributed by atoms with van der Waals surface area (Å²) in [6, 6.07) is 10.2. The molecule has 5 rings (SSSR count). The Morgan fingerprint density at radius 2 is 2.00 bits per heavy atom. The molecule has 0 unspecified atom stereocenters. The number of nitrogens with one attached hydrogen (secondary N) is 1. The first kappa shape index (κ1) is 14.9. The molecule has 4 aromatic rings. The molecule has 1 aliphatic carbocycles. The van der Waals surface area contributed by atoms with Gasteiger partial charge in [0.2, 0.25) is 0 Å². The highest BCUT2D eigenvalue weighted by atomic mass is 35.5. The average molecular weight is 368 g/mol. The monoisotopic (exact) mass is 367 g/mol. The number of H-pyrrole nitrogens is 1. The molecule has 0 amide bonds. The highest BCUT2D eigenvalue weighted by molar-refractivity contribution is 7.71. The van der Waals surface area contributed by atoms with E-state index >= 15 is 0 Å². The Balaban J connectivity index is 1.69. The Kier molecular flexibility index (Phi) is 3.29. The number of aryl methyl sites for hydroxylation is 2. The molecule has 0 saturated carbocycles. The lowest BCUT2D eigenvalue weighted by Gasteiger charge is -2.07. The van der Waals surface area contributed by atoms with E-state index in [2.05, 4.69) is 33.4 Å². The topological polar surface area (TPSA) is 50.9 Å². The van der Waals surface area contributed by atoms with Crippen molar-refractivity contribution in [2.45, 2.75) is 19.3 Å². The smallest absolute Gasteiger partial charge is 0.200 e. The van der Waals surface area contributed by atoms with Crippen molar-refractivity contribution in [3.8, 4) is 17.2 Å². The maximum Gasteiger partial charge on any atom is 0.200 e. The van der Waals surface area contributed by atoms with Crippen molar-refractivity contribution >= 4 is 29.5 Å². The van der Waals surface area contributed by atoms with Gasteiger partial charge in [-0.2, -0.15) is 5.10 Å². The summed E-state index contributed by atoms with van der Waals surface area (Å²) in [6.45, 7) is 0. The molecule has 0 spiro atoms. The van der Waals surface area contributed by atoms with Crippen LogP contribution in [0.5, 0.6) is 0 Å². The Morgan fingerprint density at radius 1 is 1.12 bits per heavy atom. The second-order valence-electron chi connectivity index (χ2n) is 6.23. The summed E-state index contributed by atoms with van der Waals surface area (Å²) in [7, 11) is 0. The van der Waals surface area contributed by atoms with E-state index in [0.717, 1.165) is 29.9 Å². The third kappa shape index (κ3) is 2.41. The number of imidazole rings is 1. The van der Waals surface area contributed by atoms with E-state index in [1.807, 2.05) is 33.5 Å². The molecule has 0 radical (unpaired) electrons. The molecule has 0 bridgehead atoms. The number of nitrogens with zero attached hydrogens (tertiary/aromatic N) is 4. The SMILES string of the molecule is S=c1[nH]nc(-c2cn3ccc(Cl)cc3n2)n1-c1ccc2c(c1)CCC2. The number of fused-ring (bicyclic) bond motifs is 2. The average Bonchev–Trinajstić information content (AvgIpc) is 3.30. The minimum Gasteiger partial charge on any atom is -0.306 e. The van der Waals surface area contributed by atoms with Gasteiger partial charge >= 0.3 is 0 Å². The summed E-state index contributed by atoms with van der Waals surface area (Å²) in [4.78, 5) is 4.64. The van der Waals surface area contributed by atoms with Crippen molar-refractivity contribution < 1.29 is 0 Å². The quantitative estimate of drug-likeness (QED) is 0.535. The molecule has 124 valence electrons. The van der Waals surface area contributed by atoms with Gasteiger partial charge in [-0.3, -0.25) is 9.67 Å². The van der Waals surface area contributed by atoms with E-state index in [9.17, 15) is 0 Å². The van der Waals surface area contributed by atoms with Gasteiger partial charge in [-0.15, -0.1) is 0 Å². The maximum absolute atomic E-state index is 6.06. The van der Waals surface area contributed by atoms with Crippen LogP contribution in [0.4, 0.5) is 0 Å². The van der Waals surface area contributed by atoms with Crippen LogP contribution in [0.1, 0.15) is 17.5 Å². The van der Waals surface area contributed by atoms with Gasteiger partial charge in [0.1, 0.15) is 11.3 Å². The standard InChI is InChI=1S/C18H14ClN5S/c19-13-6-7-23-10-15(20-16(23)9-13)17-21-22-18(25)24(17)14-5-4-11-2-1-3-12(11)8-14/h4-10H,1-3H2,(H,22,25). The van der Waals surface area contributed by atoms with Crippen LogP contribution in [0.25, 0.3) is 22.9 Å². The summed E-state index contributed by atoms with van der Waals surface area (Å²) in [6.07, 6.45) is 7.31. The maximum atomic E-state index is 6.06. The van der Waals surface area contributed by atoms with E-state index in [0.29, 0.717) is 15.6 Å². The molecule has 25 heavy (non-hydrogen) atoms. The second-order valence-corrected chi connectivity index (χ2v) is 7.05. The van der Waals surface area contributed by atoms with E-state index in [4.69, 9.17) is 23.8 Å². The minimum atomic E-state index is 0.558.